The molecule has 2 bridgehead atoms. The third kappa shape index (κ3) is 1.86. The molecule has 1 saturated heterocycles. The highest BCUT2D eigenvalue weighted by Gasteiger charge is 2.62. The minimum Gasteiger partial charge on any atom is -0.495 e. The van der Waals surface area contributed by atoms with Crippen molar-refractivity contribution in [3.63, 3.8) is 0 Å². The Morgan fingerprint density at radius 3 is 2.17 bits per heavy atom. The van der Waals surface area contributed by atoms with Gasteiger partial charge in [-0.2, -0.15) is 0 Å². The molecule has 0 aromatic heterocycles. The molecule has 1 heterocycles. The SMILES string of the molecule is COc1ccc(Cl)cc1N1C(=O)[C@@H]2[C@H](C1=O)[C@@H]1C=C[C@H]2C1=C(C)C. The van der Waals surface area contributed by atoms with Gasteiger partial charge in [0.25, 0.3) is 0 Å². The van der Waals surface area contributed by atoms with E-state index in [2.05, 4.69) is 26.0 Å². The molecule has 4 rings (SSSR count). The molecular formula is C19H18ClNO3. The average Bonchev–Trinajstić information content (AvgIpc) is 3.17. The Morgan fingerprint density at radius 1 is 1.08 bits per heavy atom. The highest BCUT2D eigenvalue weighted by atomic mass is 35.5. The number of benzene rings is 1. The minimum absolute atomic E-state index is 0.0385. The lowest BCUT2D eigenvalue weighted by Crippen LogP contribution is -2.33. The summed E-state index contributed by atoms with van der Waals surface area (Å²) in [5.41, 5.74) is 2.88. The molecule has 2 amide bonds. The van der Waals surface area contributed by atoms with Crippen LogP contribution in [0.3, 0.4) is 0 Å². The summed E-state index contributed by atoms with van der Waals surface area (Å²) in [6.07, 6.45) is 4.16. The van der Waals surface area contributed by atoms with E-state index >= 15 is 0 Å². The second kappa shape index (κ2) is 5.21. The molecule has 0 unspecified atom stereocenters. The molecule has 1 aliphatic heterocycles. The summed E-state index contributed by atoms with van der Waals surface area (Å²) in [5, 5.41) is 0.467. The Hall–Kier alpha value is -2.07. The number of rotatable bonds is 2. The van der Waals surface area contributed by atoms with Crippen LogP contribution in [0, 0.1) is 23.7 Å². The molecule has 2 aliphatic carbocycles. The maximum atomic E-state index is 13.1. The zero-order chi connectivity index (χ0) is 17.2. The van der Waals surface area contributed by atoms with E-state index in [1.807, 2.05) is 0 Å². The topological polar surface area (TPSA) is 46.6 Å². The van der Waals surface area contributed by atoms with Gasteiger partial charge in [-0.3, -0.25) is 9.59 Å². The van der Waals surface area contributed by atoms with Crippen molar-refractivity contribution in [1.29, 1.82) is 0 Å². The Labute approximate surface area is 145 Å². The number of ether oxygens (including phenoxy) is 1. The Bertz CT molecular complexity index is 788. The third-order valence-electron chi connectivity index (χ3n) is 5.37. The molecular weight excluding hydrogens is 326 g/mol. The van der Waals surface area contributed by atoms with E-state index in [1.54, 1.807) is 18.2 Å². The van der Waals surface area contributed by atoms with Crippen molar-refractivity contribution in [2.75, 3.05) is 12.0 Å². The van der Waals surface area contributed by atoms with Crippen molar-refractivity contribution in [2.24, 2.45) is 23.7 Å². The van der Waals surface area contributed by atoms with Crippen LogP contribution >= 0.6 is 11.6 Å². The van der Waals surface area contributed by atoms with Gasteiger partial charge in [-0.15, -0.1) is 0 Å². The first-order valence-electron chi connectivity index (χ1n) is 8.02. The molecule has 1 saturated carbocycles. The quantitative estimate of drug-likeness (QED) is 0.609. The lowest BCUT2D eigenvalue weighted by Gasteiger charge is -2.21. The summed E-state index contributed by atoms with van der Waals surface area (Å²) in [6, 6.07) is 4.98. The molecule has 5 heteroatoms. The van der Waals surface area contributed by atoms with Gasteiger partial charge in [0, 0.05) is 16.9 Å². The summed E-state index contributed by atoms with van der Waals surface area (Å²) in [4.78, 5) is 27.4. The molecule has 4 atom stereocenters. The number of hydrogen-bond donors (Lipinski definition) is 0. The van der Waals surface area contributed by atoms with E-state index in [-0.39, 0.29) is 35.5 Å². The Balaban J connectivity index is 1.80. The lowest BCUT2D eigenvalue weighted by atomic mass is 9.85. The number of carbonyl (C=O) groups is 2. The molecule has 3 aliphatic rings. The molecule has 2 fully saturated rings. The van der Waals surface area contributed by atoms with Crippen molar-refractivity contribution in [3.8, 4) is 5.75 Å². The zero-order valence-electron chi connectivity index (χ0n) is 13.7. The smallest absolute Gasteiger partial charge is 0.238 e. The van der Waals surface area contributed by atoms with E-state index in [0.717, 1.165) is 0 Å². The van der Waals surface area contributed by atoms with Crippen LogP contribution in [-0.4, -0.2) is 18.9 Å². The maximum absolute atomic E-state index is 13.1. The van der Waals surface area contributed by atoms with Gasteiger partial charge in [-0.25, -0.2) is 4.90 Å². The molecule has 0 radical (unpaired) electrons. The fourth-order valence-electron chi connectivity index (χ4n) is 4.51. The molecule has 4 nitrogen and oxygen atoms in total. The van der Waals surface area contributed by atoms with Crippen LogP contribution in [0.2, 0.25) is 5.02 Å². The second-order valence-corrected chi connectivity index (χ2v) is 7.21. The van der Waals surface area contributed by atoms with E-state index in [1.165, 1.54) is 23.2 Å². The van der Waals surface area contributed by atoms with E-state index in [0.29, 0.717) is 16.5 Å². The van der Waals surface area contributed by atoms with Crippen molar-refractivity contribution in [1.82, 2.24) is 0 Å². The third-order valence-corrected chi connectivity index (χ3v) is 5.61. The summed E-state index contributed by atoms with van der Waals surface area (Å²) < 4.78 is 5.33. The summed E-state index contributed by atoms with van der Waals surface area (Å²) in [5.74, 6) is -0.360. The molecule has 1 aromatic carbocycles. The molecule has 0 spiro atoms. The second-order valence-electron chi connectivity index (χ2n) is 6.77. The normalized spacial score (nSPS) is 30.3. The number of amides is 2. The van der Waals surface area contributed by atoms with Gasteiger partial charge >= 0.3 is 0 Å². The van der Waals surface area contributed by atoms with Crippen LogP contribution in [0.4, 0.5) is 5.69 Å². The number of nitrogens with zero attached hydrogens (tertiary/aromatic N) is 1. The van der Waals surface area contributed by atoms with Gasteiger partial charge in [-0.05, 0) is 32.0 Å². The molecule has 24 heavy (non-hydrogen) atoms. The van der Waals surface area contributed by atoms with E-state index in [9.17, 15) is 9.59 Å². The predicted octanol–water partition coefficient (Wildman–Crippen LogP) is 3.61. The van der Waals surface area contributed by atoms with Gasteiger partial charge < -0.3 is 4.74 Å². The van der Waals surface area contributed by atoms with Gasteiger partial charge in [-0.1, -0.05) is 34.9 Å². The number of methoxy groups -OCH3 is 1. The lowest BCUT2D eigenvalue weighted by molar-refractivity contribution is -0.123. The largest absolute Gasteiger partial charge is 0.495 e. The van der Waals surface area contributed by atoms with Gasteiger partial charge in [0.15, 0.2) is 0 Å². The molecule has 124 valence electrons. The summed E-state index contributed by atoms with van der Waals surface area (Å²) >= 11 is 6.08. The van der Waals surface area contributed by atoms with Gasteiger partial charge in [0.05, 0.1) is 24.6 Å². The highest BCUT2D eigenvalue weighted by molar-refractivity contribution is 6.31. The molecule has 0 N–H and O–H groups in total. The molecule has 1 aromatic rings. The number of allylic oxidation sites excluding steroid dienone is 4. The number of anilines is 1. The van der Waals surface area contributed by atoms with Crippen molar-refractivity contribution < 1.29 is 14.3 Å². The van der Waals surface area contributed by atoms with Crippen LogP contribution in [0.5, 0.6) is 5.75 Å². The van der Waals surface area contributed by atoms with Crippen LogP contribution in [0.1, 0.15) is 13.8 Å². The number of halogens is 1. The Kier molecular flexibility index (Phi) is 3.36. The highest BCUT2D eigenvalue weighted by Crippen LogP contribution is 2.57. The standard InChI is InChI=1S/C19H18ClNO3/c1-9(2)15-11-5-6-12(15)17-16(11)18(22)21(19(17)23)13-8-10(20)4-7-14(13)24-3/h4-8,11-12,16-17H,1-3H3/t11-,12+,16-,17+. The Morgan fingerprint density at radius 2 is 1.67 bits per heavy atom. The average molecular weight is 344 g/mol. The predicted molar refractivity (Wildman–Crippen MR) is 92.0 cm³/mol. The van der Waals surface area contributed by atoms with Crippen LogP contribution in [-0.2, 0) is 9.59 Å². The number of carbonyl (C=O) groups excluding carboxylic acids is 2. The van der Waals surface area contributed by atoms with Crippen LogP contribution in [0.25, 0.3) is 0 Å². The van der Waals surface area contributed by atoms with Crippen LogP contribution in [0.15, 0.2) is 41.5 Å². The summed E-state index contributed by atoms with van der Waals surface area (Å²) in [6.45, 7) is 4.10. The minimum atomic E-state index is -0.305. The maximum Gasteiger partial charge on any atom is 0.238 e. The first-order chi connectivity index (χ1) is 11.5. The fourth-order valence-corrected chi connectivity index (χ4v) is 4.67. The summed E-state index contributed by atoms with van der Waals surface area (Å²) in [7, 11) is 1.52. The fraction of sp³-hybridized carbons (Fsp3) is 0.368. The van der Waals surface area contributed by atoms with Crippen molar-refractivity contribution >= 4 is 29.1 Å². The number of fused-ring (bicyclic) bond motifs is 5. The van der Waals surface area contributed by atoms with Gasteiger partial charge in [0.2, 0.25) is 11.8 Å². The van der Waals surface area contributed by atoms with Gasteiger partial charge in [0.1, 0.15) is 5.75 Å². The zero-order valence-corrected chi connectivity index (χ0v) is 14.5. The van der Waals surface area contributed by atoms with Crippen molar-refractivity contribution in [2.45, 2.75) is 13.8 Å². The number of hydrogen-bond acceptors (Lipinski definition) is 3. The number of imide groups is 1. The van der Waals surface area contributed by atoms with E-state index in [4.69, 9.17) is 16.3 Å². The first kappa shape index (κ1) is 15.5. The van der Waals surface area contributed by atoms with Crippen molar-refractivity contribution in [3.05, 3.63) is 46.5 Å². The van der Waals surface area contributed by atoms with E-state index < -0.39 is 0 Å². The monoisotopic (exact) mass is 343 g/mol. The van der Waals surface area contributed by atoms with Crippen LogP contribution < -0.4 is 9.64 Å². The first-order valence-corrected chi connectivity index (χ1v) is 8.40.